The number of carbonyl (C=O) groups excluding carboxylic acids is 1. The third-order valence-corrected chi connectivity index (χ3v) is 5.28. The molecule has 0 aromatic heterocycles. The van der Waals surface area contributed by atoms with Gasteiger partial charge in [0.2, 0.25) is 10.0 Å². The Bertz CT molecular complexity index is 608. The first-order chi connectivity index (χ1) is 9.46. The Hall–Kier alpha value is -1.73. The second-order valence-corrected chi connectivity index (χ2v) is 6.54. The lowest BCUT2D eigenvalue weighted by molar-refractivity contribution is -0.142. The van der Waals surface area contributed by atoms with Gasteiger partial charge in [-0.2, -0.15) is 4.31 Å². The molecule has 1 saturated heterocycles. The van der Waals surface area contributed by atoms with Crippen molar-refractivity contribution in [3.63, 3.8) is 0 Å². The Morgan fingerprint density at radius 1 is 1.25 bits per heavy atom. The first-order valence-electron chi connectivity index (χ1n) is 6.26. The van der Waals surface area contributed by atoms with E-state index in [9.17, 15) is 18.0 Å². The van der Waals surface area contributed by atoms with Gasteiger partial charge in [-0.3, -0.25) is 9.59 Å². The van der Waals surface area contributed by atoms with Crippen molar-refractivity contribution in [3.05, 3.63) is 29.8 Å². The number of carboxylic acid groups (broad SMARTS) is 1. The van der Waals surface area contributed by atoms with E-state index in [2.05, 4.69) is 0 Å². The molecular weight excluding hydrogens is 282 g/mol. The van der Waals surface area contributed by atoms with E-state index in [-0.39, 0.29) is 11.4 Å². The van der Waals surface area contributed by atoms with Crippen LogP contribution in [0.3, 0.4) is 0 Å². The van der Waals surface area contributed by atoms with Gasteiger partial charge in [-0.1, -0.05) is 12.1 Å². The summed E-state index contributed by atoms with van der Waals surface area (Å²) in [7, 11) is -3.84. The molecule has 1 atom stereocenters. The van der Waals surface area contributed by atoms with Gasteiger partial charge in [0.15, 0.2) is 0 Å². The highest BCUT2D eigenvalue weighted by molar-refractivity contribution is 7.89. The van der Waals surface area contributed by atoms with Gasteiger partial charge in [-0.15, -0.1) is 0 Å². The number of piperidine rings is 1. The molecule has 1 aliphatic heterocycles. The van der Waals surface area contributed by atoms with Crippen LogP contribution >= 0.6 is 0 Å². The van der Waals surface area contributed by atoms with Crippen LogP contribution in [0, 0.1) is 0 Å². The molecule has 0 spiro atoms. The third-order valence-electron chi connectivity index (χ3n) is 3.36. The predicted octanol–water partition coefficient (Wildman–Crippen LogP) is 1.13. The van der Waals surface area contributed by atoms with Crippen molar-refractivity contribution in [1.82, 2.24) is 4.31 Å². The maximum absolute atomic E-state index is 12.5. The lowest BCUT2D eigenvalue weighted by atomic mass is 10.1. The number of carbonyl (C=O) groups is 2. The van der Waals surface area contributed by atoms with Gasteiger partial charge in [0, 0.05) is 12.1 Å². The molecule has 1 heterocycles. The zero-order chi connectivity index (χ0) is 14.8. The van der Waals surface area contributed by atoms with Crippen LogP contribution in [-0.4, -0.2) is 42.7 Å². The fraction of sp³-hybridized carbons (Fsp3) is 0.385. The Morgan fingerprint density at radius 2 is 1.90 bits per heavy atom. The van der Waals surface area contributed by atoms with E-state index in [4.69, 9.17) is 5.11 Å². The maximum Gasteiger partial charge on any atom is 0.322 e. The normalized spacial score (nSPS) is 20.5. The molecule has 0 radical (unpaired) electrons. The van der Waals surface area contributed by atoms with Crippen molar-refractivity contribution in [2.45, 2.75) is 30.2 Å². The minimum Gasteiger partial charge on any atom is -0.480 e. The average molecular weight is 297 g/mol. The van der Waals surface area contributed by atoms with Crippen LogP contribution in [0.25, 0.3) is 0 Å². The number of rotatable bonds is 4. The molecule has 1 aliphatic rings. The Morgan fingerprint density at radius 3 is 2.45 bits per heavy atom. The quantitative estimate of drug-likeness (QED) is 0.841. The second-order valence-electron chi connectivity index (χ2n) is 4.65. The highest BCUT2D eigenvalue weighted by atomic mass is 32.2. The van der Waals surface area contributed by atoms with Crippen LogP contribution in [0.2, 0.25) is 0 Å². The summed E-state index contributed by atoms with van der Waals surface area (Å²) in [4.78, 5) is 21.8. The summed E-state index contributed by atoms with van der Waals surface area (Å²) in [5, 5.41) is 9.15. The second kappa shape index (κ2) is 5.72. The lowest BCUT2D eigenvalue weighted by Crippen LogP contribution is -2.47. The molecule has 1 N–H and O–H groups in total. The van der Waals surface area contributed by atoms with E-state index >= 15 is 0 Å². The largest absolute Gasteiger partial charge is 0.480 e. The summed E-state index contributed by atoms with van der Waals surface area (Å²) in [6.45, 7) is 0.203. The summed E-state index contributed by atoms with van der Waals surface area (Å²) in [6, 6.07) is 4.44. The Balaban J connectivity index is 2.36. The molecule has 0 aliphatic carbocycles. The zero-order valence-corrected chi connectivity index (χ0v) is 11.5. The van der Waals surface area contributed by atoms with Crippen molar-refractivity contribution in [3.8, 4) is 0 Å². The van der Waals surface area contributed by atoms with Crippen LogP contribution in [0.15, 0.2) is 29.2 Å². The Labute approximate surface area is 117 Å². The number of hydrogen-bond donors (Lipinski definition) is 1. The molecule has 1 unspecified atom stereocenters. The van der Waals surface area contributed by atoms with Crippen molar-refractivity contribution in [2.75, 3.05) is 6.54 Å². The standard InChI is InChI=1S/C13H15NO5S/c15-9-10-4-6-11(7-5-10)20(18,19)14-8-2-1-3-12(14)13(16)17/h4-7,9,12H,1-3,8H2,(H,16,17). The van der Waals surface area contributed by atoms with Crippen LogP contribution in [0.5, 0.6) is 0 Å². The molecule has 7 heteroatoms. The molecule has 1 aromatic rings. The Kier molecular flexibility index (Phi) is 4.20. The zero-order valence-electron chi connectivity index (χ0n) is 10.7. The first kappa shape index (κ1) is 14.7. The summed E-state index contributed by atoms with van der Waals surface area (Å²) in [5.74, 6) is -1.13. The van der Waals surface area contributed by atoms with E-state index in [0.717, 1.165) is 4.31 Å². The van der Waals surface area contributed by atoms with Crippen LogP contribution in [0.1, 0.15) is 29.6 Å². The SMILES string of the molecule is O=Cc1ccc(S(=O)(=O)N2CCCCC2C(=O)O)cc1. The maximum atomic E-state index is 12.5. The van der Waals surface area contributed by atoms with E-state index in [1.165, 1.54) is 24.3 Å². The highest BCUT2D eigenvalue weighted by Gasteiger charge is 2.37. The molecular formula is C13H15NO5S. The topological polar surface area (TPSA) is 91.8 Å². The minimum absolute atomic E-state index is 0.0104. The van der Waals surface area contributed by atoms with Gasteiger partial charge in [0.25, 0.3) is 0 Å². The molecule has 108 valence electrons. The smallest absolute Gasteiger partial charge is 0.322 e. The number of aldehydes is 1. The van der Waals surface area contributed by atoms with Gasteiger partial charge >= 0.3 is 5.97 Å². The number of hydrogen-bond acceptors (Lipinski definition) is 4. The summed E-state index contributed by atoms with van der Waals surface area (Å²) in [5.41, 5.74) is 0.373. The van der Waals surface area contributed by atoms with E-state index < -0.39 is 22.0 Å². The summed E-state index contributed by atoms with van der Waals surface area (Å²) < 4.78 is 26.0. The number of aliphatic carboxylic acids is 1. The predicted molar refractivity (Wildman–Crippen MR) is 71.0 cm³/mol. The number of benzene rings is 1. The average Bonchev–Trinajstić information content (AvgIpc) is 2.47. The van der Waals surface area contributed by atoms with Crippen molar-refractivity contribution >= 4 is 22.3 Å². The van der Waals surface area contributed by atoms with Gasteiger partial charge in [0.1, 0.15) is 12.3 Å². The van der Waals surface area contributed by atoms with Crippen LogP contribution in [0.4, 0.5) is 0 Å². The number of carboxylic acids is 1. The molecule has 20 heavy (non-hydrogen) atoms. The summed E-state index contributed by atoms with van der Waals surface area (Å²) >= 11 is 0. The van der Waals surface area contributed by atoms with Crippen LogP contribution in [-0.2, 0) is 14.8 Å². The first-order valence-corrected chi connectivity index (χ1v) is 7.70. The van der Waals surface area contributed by atoms with E-state index in [1.54, 1.807) is 0 Å². The lowest BCUT2D eigenvalue weighted by Gasteiger charge is -2.31. The van der Waals surface area contributed by atoms with E-state index in [1.807, 2.05) is 0 Å². The van der Waals surface area contributed by atoms with Crippen molar-refractivity contribution < 1.29 is 23.1 Å². The monoisotopic (exact) mass is 297 g/mol. The molecule has 0 bridgehead atoms. The highest BCUT2D eigenvalue weighted by Crippen LogP contribution is 2.25. The minimum atomic E-state index is -3.84. The van der Waals surface area contributed by atoms with E-state index in [0.29, 0.717) is 31.1 Å². The molecule has 0 amide bonds. The third kappa shape index (κ3) is 2.73. The molecule has 1 aromatic carbocycles. The van der Waals surface area contributed by atoms with Gasteiger partial charge < -0.3 is 5.11 Å². The van der Waals surface area contributed by atoms with Crippen LogP contribution < -0.4 is 0 Å². The van der Waals surface area contributed by atoms with Crippen molar-refractivity contribution in [2.24, 2.45) is 0 Å². The molecule has 2 rings (SSSR count). The molecule has 0 saturated carbocycles. The molecule has 1 fully saturated rings. The fourth-order valence-corrected chi connectivity index (χ4v) is 3.94. The fourth-order valence-electron chi connectivity index (χ4n) is 2.29. The summed E-state index contributed by atoms with van der Waals surface area (Å²) in [6.07, 6.45) is 2.29. The van der Waals surface area contributed by atoms with Gasteiger partial charge in [-0.25, -0.2) is 8.42 Å². The number of nitrogens with zero attached hydrogens (tertiary/aromatic N) is 1. The number of sulfonamides is 1. The molecule has 6 nitrogen and oxygen atoms in total. The van der Waals surface area contributed by atoms with Gasteiger partial charge in [0.05, 0.1) is 4.90 Å². The van der Waals surface area contributed by atoms with Gasteiger partial charge in [-0.05, 0) is 31.4 Å². The van der Waals surface area contributed by atoms with Crippen molar-refractivity contribution in [1.29, 1.82) is 0 Å².